The Morgan fingerprint density at radius 2 is 1.75 bits per heavy atom. The van der Waals surface area contributed by atoms with Gasteiger partial charge in [-0.2, -0.15) is 0 Å². The molecule has 0 aliphatic heterocycles. The molecule has 1 aromatic carbocycles. The fraction of sp³-hybridized carbons (Fsp3) is 0.600. The molecule has 0 N–H and O–H groups in total. The highest BCUT2D eigenvalue weighted by Gasteiger charge is 2.09. The standard InChI is InChI=1S/C15H25N/c1-5-8-10-14-12-9-11-13(6-2)15(14)16(4)7-3/h9,11-12H,5-8,10H2,1-4H3. The fourth-order valence-corrected chi connectivity index (χ4v) is 2.15. The maximum atomic E-state index is 2.38. The van der Waals surface area contributed by atoms with Crippen molar-refractivity contribution in [3.05, 3.63) is 29.3 Å². The van der Waals surface area contributed by atoms with Crippen molar-refractivity contribution in [2.45, 2.75) is 46.5 Å². The van der Waals surface area contributed by atoms with Crippen LogP contribution in [0, 0.1) is 0 Å². The van der Waals surface area contributed by atoms with Gasteiger partial charge >= 0.3 is 0 Å². The van der Waals surface area contributed by atoms with Crippen LogP contribution in [0.1, 0.15) is 44.7 Å². The summed E-state index contributed by atoms with van der Waals surface area (Å²) in [6.45, 7) is 7.80. The Balaban J connectivity index is 3.04. The Morgan fingerprint density at radius 1 is 1.06 bits per heavy atom. The van der Waals surface area contributed by atoms with Crippen LogP contribution < -0.4 is 4.90 Å². The largest absolute Gasteiger partial charge is 0.374 e. The molecule has 90 valence electrons. The van der Waals surface area contributed by atoms with Gasteiger partial charge in [-0.3, -0.25) is 0 Å². The summed E-state index contributed by atoms with van der Waals surface area (Å²) in [5.41, 5.74) is 4.48. The second-order valence-corrected chi connectivity index (χ2v) is 4.40. The molecule has 0 saturated carbocycles. The number of nitrogens with zero attached hydrogens (tertiary/aromatic N) is 1. The molecular weight excluding hydrogens is 194 g/mol. The van der Waals surface area contributed by atoms with Crippen LogP contribution in [0.25, 0.3) is 0 Å². The third-order valence-corrected chi connectivity index (χ3v) is 3.24. The molecule has 1 nitrogen and oxygen atoms in total. The van der Waals surface area contributed by atoms with Gasteiger partial charge in [0.25, 0.3) is 0 Å². The average Bonchev–Trinajstić information content (AvgIpc) is 2.34. The maximum absolute atomic E-state index is 2.38. The highest BCUT2D eigenvalue weighted by Crippen LogP contribution is 2.26. The first-order chi connectivity index (χ1) is 7.74. The molecule has 0 unspecified atom stereocenters. The van der Waals surface area contributed by atoms with Gasteiger partial charge in [0.2, 0.25) is 0 Å². The number of hydrogen-bond donors (Lipinski definition) is 0. The SMILES string of the molecule is CCCCc1cccc(CC)c1N(C)CC. The first-order valence-corrected chi connectivity index (χ1v) is 6.56. The number of benzene rings is 1. The summed E-state index contributed by atoms with van der Waals surface area (Å²) in [6, 6.07) is 6.75. The summed E-state index contributed by atoms with van der Waals surface area (Å²) in [5, 5.41) is 0. The zero-order valence-electron chi connectivity index (χ0n) is 11.2. The molecule has 0 aliphatic rings. The number of anilines is 1. The molecule has 1 heteroatoms. The lowest BCUT2D eigenvalue weighted by molar-refractivity contribution is 0.788. The van der Waals surface area contributed by atoms with Crippen molar-refractivity contribution >= 4 is 5.69 Å². The average molecular weight is 219 g/mol. The van der Waals surface area contributed by atoms with E-state index in [0.717, 1.165) is 13.0 Å². The van der Waals surface area contributed by atoms with Crippen LogP contribution in [-0.4, -0.2) is 13.6 Å². The Labute approximate surface area is 100 Å². The molecule has 0 radical (unpaired) electrons. The molecule has 0 saturated heterocycles. The number of rotatable bonds is 6. The minimum absolute atomic E-state index is 1.08. The third-order valence-electron chi connectivity index (χ3n) is 3.24. The van der Waals surface area contributed by atoms with Crippen molar-refractivity contribution in [3.8, 4) is 0 Å². The molecular formula is C15H25N. The molecule has 1 rings (SSSR count). The monoisotopic (exact) mass is 219 g/mol. The first-order valence-electron chi connectivity index (χ1n) is 6.56. The van der Waals surface area contributed by atoms with E-state index in [1.807, 2.05) is 0 Å². The van der Waals surface area contributed by atoms with Gasteiger partial charge in [-0.15, -0.1) is 0 Å². The second kappa shape index (κ2) is 6.57. The van der Waals surface area contributed by atoms with Gasteiger partial charge < -0.3 is 4.90 Å². The van der Waals surface area contributed by atoms with Gasteiger partial charge in [-0.25, -0.2) is 0 Å². The van der Waals surface area contributed by atoms with E-state index in [0.29, 0.717) is 0 Å². The van der Waals surface area contributed by atoms with Crippen LogP contribution in [0.15, 0.2) is 18.2 Å². The molecule has 0 aromatic heterocycles. The lowest BCUT2D eigenvalue weighted by Crippen LogP contribution is -2.19. The van der Waals surface area contributed by atoms with E-state index in [1.165, 1.54) is 36.1 Å². The number of aryl methyl sites for hydroxylation is 2. The maximum Gasteiger partial charge on any atom is 0.0428 e. The number of hydrogen-bond acceptors (Lipinski definition) is 1. The summed E-state index contributed by atoms with van der Waals surface area (Å²) in [4.78, 5) is 2.38. The number of unbranched alkanes of at least 4 members (excludes halogenated alkanes) is 1. The van der Waals surface area contributed by atoms with E-state index in [1.54, 1.807) is 0 Å². The van der Waals surface area contributed by atoms with Crippen molar-refractivity contribution in [2.24, 2.45) is 0 Å². The van der Waals surface area contributed by atoms with E-state index < -0.39 is 0 Å². The predicted molar refractivity (Wildman–Crippen MR) is 73.4 cm³/mol. The zero-order chi connectivity index (χ0) is 12.0. The minimum atomic E-state index is 1.08. The van der Waals surface area contributed by atoms with Gasteiger partial charge in [-0.05, 0) is 37.3 Å². The van der Waals surface area contributed by atoms with E-state index in [2.05, 4.69) is 50.9 Å². The zero-order valence-corrected chi connectivity index (χ0v) is 11.2. The van der Waals surface area contributed by atoms with Crippen LogP contribution >= 0.6 is 0 Å². The van der Waals surface area contributed by atoms with Crippen molar-refractivity contribution in [2.75, 3.05) is 18.5 Å². The molecule has 16 heavy (non-hydrogen) atoms. The van der Waals surface area contributed by atoms with Crippen molar-refractivity contribution in [1.29, 1.82) is 0 Å². The van der Waals surface area contributed by atoms with Crippen LogP contribution in [0.4, 0.5) is 5.69 Å². The van der Waals surface area contributed by atoms with Crippen molar-refractivity contribution in [3.63, 3.8) is 0 Å². The van der Waals surface area contributed by atoms with Gasteiger partial charge in [0, 0.05) is 19.3 Å². The first kappa shape index (κ1) is 13.1. The summed E-state index contributed by atoms with van der Waals surface area (Å²) >= 11 is 0. The molecule has 0 amide bonds. The minimum Gasteiger partial charge on any atom is -0.374 e. The normalized spacial score (nSPS) is 10.5. The third kappa shape index (κ3) is 3.01. The Morgan fingerprint density at radius 3 is 2.31 bits per heavy atom. The van der Waals surface area contributed by atoms with Crippen molar-refractivity contribution in [1.82, 2.24) is 0 Å². The van der Waals surface area contributed by atoms with Gasteiger partial charge in [0.1, 0.15) is 0 Å². The molecule has 0 spiro atoms. The quantitative estimate of drug-likeness (QED) is 0.697. The lowest BCUT2D eigenvalue weighted by Gasteiger charge is -2.24. The topological polar surface area (TPSA) is 3.24 Å². The van der Waals surface area contributed by atoms with E-state index in [4.69, 9.17) is 0 Å². The summed E-state index contributed by atoms with van der Waals surface area (Å²) in [6.07, 6.45) is 4.90. The molecule has 0 bridgehead atoms. The van der Waals surface area contributed by atoms with Crippen LogP contribution in [-0.2, 0) is 12.8 Å². The second-order valence-electron chi connectivity index (χ2n) is 4.40. The molecule has 0 fully saturated rings. The summed E-state index contributed by atoms with van der Waals surface area (Å²) < 4.78 is 0. The van der Waals surface area contributed by atoms with E-state index in [-0.39, 0.29) is 0 Å². The highest BCUT2D eigenvalue weighted by molar-refractivity contribution is 5.59. The van der Waals surface area contributed by atoms with Crippen LogP contribution in [0.3, 0.4) is 0 Å². The highest BCUT2D eigenvalue weighted by atomic mass is 15.1. The molecule has 0 atom stereocenters. The molecule has 0 aliphatic carbocycles. The summed E-state index contributed by atoms with van der Waals surface area (Å²) in [5.74, 6) is 0. The van der Waals surface area contributed by atoms with Crippen LogP contribution in [0.5, 0.6) is 0 Å². The molecule has 1 aromatic rings. The van der Waals surface area contributed by atoms with E-state index in [9.17, 15) is 0 Å². The van der Waals surface area contributed by atoms with Crippen LogP contribution in [0.2, 0.25) is 0 Å². The fourth-order valence-electron chi connectivity index (χ4n) is 2.15. The van der Waals surface area contributed by atoms with Gasteiger partial charge in [0.05, 0.1) is 0 Å². The Hall–Kier alpha value is -0.980. The lowest BCUT2D eigenvalue weighted by atomic mass is 10.00. The molecule has 0 heterocycles. The van der Waals surface area contributed by atoms with Crippen molar-refractivity contribution < 1.29 is 0 Å². The smallest absolute Gasteiger partial charge is 0.0428 e. The Kier molecular flexibility index (Phi) is 5.37. The summed E-state index contributed by atoms with van der Waals surface area (Å²) in [7, 11) is 2.20. The van der Waals surface area contributed by atoms with Gasteiger partial charge in [-0.1, -0.05) is 38.5 Å². The van der Waals surface area contributed by atoms with E-state index >= 15 is 0 Å². The predicted octanol–water partition coefficient (Wildman–Crippen LogP) is 4.05. The van der Waals surface area contributed by atoms with Gasteiger partial charge in [0.15, 0.2) is 0 Å². The Bertz CT molecular complexity index is 317. The number of para-hydroxylation sites is 1.